The molecule has 1 aromatic heterocycles. The highest BCUT2D eigenvalue weighted by atomic mass is 35.5. The zero-order chi connectivity index (χ0) is 22.4. The van der Waals surface area contributed by atoms with Gasteiger partial charge in [-0.3, -0.25) is 4.79 Å². The molecule has 1 N–H and O–H groups in total. The summed E-state index contributed by atoms with van der Waals surface area (Å²) in [6.45, 7) is -1.55. The molecule has 10 heteroatoms. The Bertz CT molecular complexity index is 1060. The van der Waals surface area contributed by atoms with E-state index in [1.54, 1.807) is 24.3 Å². The van der Waals surface area contributed by atoms with Gasteiger partial charge in [0, 0.05) is 11.8 Å². The molecule has 0 radical (unpaired) electrons. The molecular formula is C21H15Cl2F3N2O3. The minimum Gasteiger partial charge on any atom is -0.435 e. The zero-order valence-corrected chi connectivity index (χ0v) is 17.3. The van der Waals surface area contributed by atoms with Crippen LogP contribution in [0.4, 0.5) is 18.9 Å². The van der Waals surface area contributed by atoms with Crippen LogP contribution in [0.2, 0.25) is 10.0 Å². The van der Waals surface area contributed by atoms with E-state index in [-0.39, 0.29) is 17.5 Å². The molecule has 1 heterocycles. The van der Waals surface area contributed by atoms with Crippen LogP contribution < -0.4 is 10.1 Å². The van der Waals surface area contributed by atoms with Gasteiger partial charge in [-0.15, -0.1) is 0 Å². The van der Waals surface area contributed by atoms with Crippen LogP contribution >= 0.6 is 23.2 Å². The van der Waals surface area contributed by atoms with Gasteiger partial charge in [0.2, 0.25) is 5.88 Å². The predicted molar refractivity (Wildman–Crippen MR) is 111 cm³/mol. The summed E-state index contributed by atoms with van der Waals surface area (Å²) < 4.78 is 46.7. The molecule has 5 nitrogen and oxygen atoms in total. The summed E-state index contributed by atoms with van der Waals surface area (Å²) in [6, 6.07) is 14.2. The number of anilines is 1. The third-order valence-corrected chi connectivity index (χ3v) is 4.34. The van der Waals surface area contributed by atoms with Crippen LogP contribution in [0.5, 0.6) is 11.6 Å². The van der Waals surface area contributed by atoms with Crippen molar-refractivity contribution in [3.8, 4) is 11.6 Å². The van der Waals surface area contributed by atoms with Crippen LogP contribution in [0.1, 0.15) is 15.9 Å². The number of amides is 1. The molecule has 0 aliphatic carbocycles. The average Bonchev–Trinajstić information content (AvgIpc) is 2.71. The molecule has 31 heavy (non-hydrogen) atoms. The number of ether oxygens (including phenoxy) is 2. The van der Waals surface area contributed by atoms with Crippen LogP contribution in [0.25, 0.3) is 0 Å². The van der Waals surface area contributed by atoms with Crippen molar-refractivity contribution in [2.75, 3.05) is 11.9 Å². The number of alkyl halides is 3. The number of nitrogens with zero attached hydrogens (tertiary/aromatic N) is 1. The van der Waals surface area contributed by atoms with Crippen molar-refractivity contribution in [1.82, 2.24) is 4.98 Å². The van der Waals surface area contributed by atoms with Crippen LogP contribution in [0.15, 0.2) is 60.8 Å². The molecule has 2 aromatic carbocycles. The quantitative estimate of drug-likeness (QED) is 0.427. The van der Waals surface area contributed by atoms with Gasteiger partial charge < -0.3 is 14.8 Å². The van der Waals surface area contributed by atoms with Crippen molar-refractivity contribution in [1.29, 1.82) is 0 Å². The smallest absolute Gasteiger partial charge is 0.411 e. The number of hydrogen-bond acceptors (Lipinski definition) is 4. The number of halogens is 5. The van der Waals surface area contributed by atoms with Crippen LogP contribution in [0.3, 0.4) is 0 Å². The average molecular weight is 471 g/mol. The number of aromatic nitrogens is 1. The minimum atomic E-state index is -4.39. The lowest BCUT2D eigenvalue weighted by atomic mass is 10.1. The molecule has 3 rings (SSSR count). The predicted octanol–water partition coefficient (Wildman–Crippen LogP) is 6.51. The molecule has 0 spiro atoms. The Hall–Kier alpha value is -2.81. The lowest BCUT2D eigenvalue weighted by molar-refractivity contribution is -0.176. The third-order valence-electron chi connectivity index (χ3n) is 3.87. The maximum Gasteiger partial charge on any atom is 0.411 e. The second-order valence-corrected chi connectivity index (χ2v) is 7.14. The summed E-state index contributed by atoms with van der Waals surface area (Å²) in [5.41, 5.74) is 1.18. The number of hydrogen-bond donors (Lipinski definition) is 1. The lowest BCUT2D eigenvalue weighted by Gasteiger charge is -2.13. The van der Waals surface area contributed by atoms with E-state index in [4.69, 9.17) is 27.9 Å². The molecular weight excluding hydrogens is 456 g/mol. The second kappa shape index (κ2) is 10.00. The zero-order valence-electron chi connectivity index (χ0n) is 15.7. The number of rotatable bonds is 7. The van der Waals surface area contributed by atoms with Gasteiger partial charge >= 0.3 is 6.18 Å². The Morgan fingerprint density at radius 2 is 1.77 bits per heavy atom. The molecule has 3 aromatic rings. The molecule has 0 bridgehead atoms. The van der Waals surface area contributed by atoms with Crippen molar-refractivity contribution in [3.05, 3.63) is 82.0 Å². The fraction of sp³-hybridized carbons (Fsp3) is 0.143. The van der Waals surface area contributed by atoms with Crippen molar-refractivity contribution >= 4 is 34.8 Å². The van der Waals surface area contributed by atoms with Gasteiger partial charge in [0.05, 0.1) is 17.3 Å². The maximum atomic E-state index is 12.6. The number of carbonyl (C=O) groups excluding carboxylic acids is 1. The number of benzene rings is 2. The van der Waals surface area contributed by atoms with Crippen molar-refractivity contribution in [2.45, 2.75) is 12.8 Å². The van der Waals surface area contributed by atoms with Crippen LogP contribution in [-0.4, -0.2) is 23.7 Å². The highest BCUT2D eigenvalue weighted by Crippen LogP contribution is 2.33. The molecule has 0 aliphatic heterocycles. The minimum absolute atomic E-state index is 0.121. The summed E-state index contributed by atoms with van der Waals surface area (Å²) in [5.74, 6) is -0.00492. The number of pyridine rings is 1. The van der Waals surface area contributed by atoms with E-state index in [0.29, 0.717) is 27.6 Å². The first kappa shape index (κ1) is 22.9. The van der Waals surface area contributed by atoms with E-state index >= 15 is 0 Å². The molecule has 0 aliphatic rings. The summed E-state index contributed by atoms with van der Waals surface area (Å²) in [6.07, 6.45) is -3.01. The first-order valence-corrected chi connectivity index (χ1v) is 9.59. The topological polar surface area (TPSA) is 60.5 Å². The number of para-hydroxylation sites is 2. The molecule has 0 unspecified atom stereocenters. The molecule has 0 saturated heterocycles. The Labute approximate surface area is 185 Å². The van der Waals surface area contributed by atoms with E-state index in [2.05, 4.69) is 15.0 Å². The summed E-state index contributed by atoms with van der Waals surface area (Å²) in [5, 5.41) is 3.28. The fourth-order valence-electron chi connectivity index (χ4n) is 2.47. The molecule has 1 amide bonds. The van der Waals surface area contributed by atoms with E-state index in [1.807, 2.05) is 0 Å². The third kappa shape index (κ3) is 6.85. The van der Waals surface area contributed by atoms with Gasteiger partial charge in [0.25, 0.3) is 5.91 Å². The molecule has 0 atom stereocenters. The van der Waals surface area contributed by atoms with Gasteiger partial charge in [-0.1, -0.05) is 47.5 Å². The monoisotopic (exact) mass is 470 g/mol. The van der Waals surface area contributed by atoms with Crippen LogP contribution in [0, 0.1) is 0 Å². The van der Waals surface area contributed by atoms with Crippen LogP contribution in [-0.2, 0) is 11.3 Å². The fourth-order valence-corrected chi connectivity index (χ4v) is 2.89. The standard InChI is InChI=1S/C21H15Cl2F3N2O3/c22-15-9-16(23)20(27-10-15)31-18-4-2-1-3-17(18)28-19(29)14-7-5-13(6-8-14)11-30-12-21(24,25)26/h1-10H,11-12H2,(H,28,29). The van der Waals surface area contributed by atoms with Gasteiger partial charge in [-0.25, -0.2) is 4.98 Å². The van der Waals surface area contributed by atoms with Gasteiger partial charge in [0.1, 0.15) is 11.6 Å². The molecule has 162 valence electrons. The molecule has 0 fully saturated rings. The second-order valence-electron chi connectivity index (χ2n) is 6.30. The SMILES string of the molecule is O=C(Nc1ccccc1Oc1ncc(Cl)cc1Cl)c1ccc(COCC(F)(F)F)cc1. The largest absolute Gasteiger partial charge is 0.435 e. The van der Waals surface area contributed by atoms with Gasteiger partial charge in [0.15, 0.2) is 5.75 Å². The lowest BCUT2D eigenvalue weighted by Crippen LogP contribution is -2.16. The van der Waals surface area contributed by atoms with E-state index in [9.17, 15) is 18.0 Å². The summed E-state index contributed by atoms with van der Waals surface area (Å²) in [4.78, 5) is 16.6. The Morgan fingerprint density at radius 3 is 2.45 bits per heavy atom. The normalized spacial score (nSPS) is 11.3. The summed E-state index contributed by atoms with van der Waals surface area (Å²) >= 11 is 11.9. The number of nitrogens with one attached hydrogen (secondary N) is 1. The highest BCUT2D eigenvalue weighted by Gasteiger charge is 2.27. The van der Waals surface area contributed by atoms with Crippen molar-refractivity contribution in [3.63, 3.8) is 0 Å². The number of carbonyl (C=O) groups is 1. The van der Waals surface area contributed by atoms with Gasteiger partial charge in [-0.2, -0.15) is 13.2 Å². The summed E-state index contributed by atoms with van der Waals surface area (Å²) in [7, 11) is 0. The van der Waals surface area contributed by atoms with Crippen molar-refractivity contribution in [2.24, 2.45) is 0 Å². The molecule has 0 saturated carbocycles. The van der Waals surface area contributed by atoms with E-state index in [1.165, 1.54) is 36.5 Å². The Morgan fingerprint density at radius 1 is 1.06 bits per heavy atom. The van der Waals surface area contributed by atoms with E-state index < -0.39 is 18.7 Å². The van der Waals surface area contributed by atoms with E-state index in [0.717, 1.165) is 0 Å². The Kier molecular flexibility index (Phi) is 7.37. The maximum absolute atomic E-state index is 12.6. The Balaban J connectivity index is 1.67. The first-order valence-electron chi connectivity index (χ1n) is 8.84. The first-order chi connectivity index (χ1) is 14.7. The van der Waals surface area contributed by atoms with Gasteiger partial charge in [-0.05, 0) is 35.9 Å². The highest BCUT2D eigenvalue weighted by molar-refractivity contribution is 6.35. The van der Waals surface area contributed by atoms with Crippen molar-refractivity contribution < 1.29 is 27.4 Å².